The molecule has 0 aromatic carbocycles. The molecule has 3 heterocycles. The van der Waals surface area contributed by atoms with E-state index in [1.807, 2.05) is 4.68 Å². The highest BCUT2D eigenvalue weighted by Gasteiger charge is 2.24. The second kappa shape index (κ2) is 10.9. The van der Waals surface area contributed by atoms with Crippen molar-refractivity contribution in [3.8, 4) is 0 Å². The molecule has 2 aliphatic rings. The summed E-state index contributed by atoms with van der Waals surface area (Å²) in [5, 5.41) is 7.56. The van der Waals surface area contributed by atoms with E-state index < -0.39 is 0 Å². The van der Waals surface area contributed by atoms with Crippen LogP contribution in [0.1, 0.15) is 38.5 Å². The molecule has 0 aliphatic carbocycles. The molecule has 8 heteroatoms. The first-order valence-corrected chi connectivity index (χ1v) is 8.62. The van der Waals surface area contributed by atoms with Gasteiger partial charge in [-0.2, -0.15) is 5.10 Å². The normalized spacial score (nSPS) is 21.7. The Kier molecular flexibility index (Phi) is 9.63. The van der Waals surface area contributed by atoms with Crippen molar-refractivity contribution in [2.75, 3.05) is 26.2 Å². The number of halogens is 2. The third kappa shape index (κ3) is 6.22. The van der Waals surface area contributed by atoms with Gasteiger partial charge in [-0.1, -0.05) is 0 Å². The van der Waals surface area contributed by atoms with Gasteiger partial charge in [0.05, 0.1) is 0 Å². The van der Waals surface area contributed by atoms with Crippen molar-refractivity contribution in [3.63, 3.8) is 0 Å². The lowest BCUT2D eigenvalue weighted by Gasteiger charge is -2.33. The highest BCUT2D eigenvalue weighted by molar-refractivity contribution is 5.85. The maximum Gasteiger partial charge on any atom is 0.222 e. The topological polar surface area (TPSA) is 63.1 Å². The smallest absolute Gasteiger partial charge is 0.222 e. The molecule has 138 valence electrons. The van der Waals surface area contributed by atoms with Gasteiger partial charge in [-0.3, -0.25) is 9.48 Å². The van der Waals surface area contributed by atoms with Crippen LogP contribution in [-0.4, -0.2) is 51.8 Å². The number of amides is 1. The number of carbonyl (C=O) groups excluding carboxylic acids is 1. The molecular weight excluding hydrogens is 349 g/mol. The van der Waals surface area contributed by atoms with E-state index in [0.29, 0.717) is 11.8 Å². The number of aromatic nitrogens is 3. The molecule has 0 bridgehead atoms. The summed E-state index contributed by atoms with van der Waals surface area (Å²) < 4.78 is 1.88. The average molecular weight is 378 g/mol. The Morgan fingerprint density at radius 1 is 1.17 bits per heavy atom. The minimum atomic E-state index is 0. The van der Waals surface area contributed by atoms with Crippen LogP contribution < -0.4 is 5.32 Å². The zero-order valence-corrected chi connectivity index (χ0v) is 15.7. The molecule has 3 rings (SSSR count). The fourth-order valence-electron chi connectivity index (χ4n) is 3.69. The minimum Gasteiger partial charge on any atom is -0.342 e. The van der Waals surface area contributed by atoms with Gasteiger partial charge in [-0.05, 0) is 57.0 Å². The summed E-state index contributed by atoms with van der Waals surface area (Å²) in [6, 6.07) is 0. The molecule has 0 saturated carbocycles. The Hall–Kier alpha value is -0.850. The lowest BCUT2D eigenvalue weighted by molar-refractivity contribution is -0.133. The molecule has 6 nitrogen and oxygen atoms in total. The lowest BCUT2D eigenvalue weighted by atomic mass is 9.92. The average Bonchev–Trinajstić information content (AvgIpc) is 3.07. The van der Waals surface area contributed by atoms with Crippen molar-refractivity contribution < 1.29 is 4.79 Å². The molecule has 1 aromatic heterocycles. The van der Waals surface area contributed by atoms with Gasteiger partial charge in [0, 0.05) is 26.1 Å². The molecule has 1 aromatic rings. The van der Waals surface area contributed by atoms with Gasteiger partial charge in [0.1, 0.15) is 12.7 Å². The maximum absolute atomic E-state index is 12.5. The number of rotatable bonds is 5. The zero-order chi connectivity index (χ0) is 15.2. The lowest BCUT2D eigenvalue weighted by Crippen LogP contribution is -2.41. The summed E-state index contributed by atoms with van der Waals surface area (Å²) in [5.74, 6) is 1.60. The fraction of sp³-hybridized carbons (Fsp3) is 0.812. The van der Waals surface area contributed by atoms with Gasteiger partial charge in [0.15, 0.2) is 0 Å². The van der Waals surface area contributed by atoms with Crippen LogP contribution in [0.2, 0.25) is 0 Å². The summed E-state index contributed by atoms with van der Waals surface area (Å²) >= 11 is 0. The van der Waals surface area contributed by atoms with Crippen molar-refractivity contribution >= 4 is 30.7 Å². The van der Waals surface area contributed by atoms with Crippen LogP contribution in [0.25, 0.3) is 0 Å². The summed E-state index contributed by atoms with van der Waals surface area (Å²) in [6.07, 6.45) is 9.86. The highest BCUT2D eigenvalue weighted by atomic mass is 35.5. The van der Waals surface area contributed by atoms with E-state index in [0.717, 1.165) is 57.9 Å². The van der Waals surface area contributed by atoms with Crippen LogP contribution in [0.3, 0.4) is 0 Å². The first-order valence-electron chi connectivity index (χ1n) is 8.62. The van der Waals surface area contributed by atoms with Crippen LogP contribution in [0.4, 0.5) is 0 Å². The Morgan fingerprint density at radius 2 is 1.96 bits per heavy atom. The van der Waals surface area contributed by atoms with Crippen LogP contribution in [0, 0.1) is 11.8 Å². The summed E-state index contributed by atoms with van der Waals surface area (Å²) in [7, 11) is 0. The Labute approximate surface area is 156 Å². The first kappa shape index (κ1) is 21.2. The van der Waals surface area contributed by atoms with Crippen molar-refractivity contribution in [2.45, 2.75) is 45.1 Å². The Morgan fingerprint density at radius 3 is 2.67 bits per heavy atom. The van der Waals surface area contributed by atoms with E-state index in [2.05, 4.69) is 20.3 Å². The highest BCUT2D eigenvalue weighted by Crippen LogP contribution is 2.22. The predicted octanol–water partition coefficient (Wildman–Crippen LogP) is 2.14. The number of hydrogen-bond acceptors (Lipinski definition) is 4. The monoisotopic (exact) mass is 377 g/mol. The summed E-state index contributed by atoms with van der Waals surface area (Å²) in [4.78, 5) is 18.5. The van der Waals surface area contributed by atoms with Gasteiger partial charge in [0.2, 0.25) is 5.91 Å². The number of hydrogen-bond donors (Lipinski definition) is 1. The van der Waals surface area contributed by atoms with E-state index >= 15 is 0 Å². The molecule has 2 aliphatic heterocycles. The van der Waals surface area contributed by atoms with E-state index in [1.54, 1.807) is 12.7 Å². The van der Waals surface area contributed by atoms with Crippen molar-refractivity contribution in [1.29, 1.82) is 0 Å². The molecule has 1 amide bonds. The third-order valence-corrected chi connectivity index (χ3v) is 5.01. The second-order valence-electron chi connectivity index (χ2n) is 6.70. The SMILES string of the molecule is Cl.Cl.O=C(CCC1CCNCC1)N1CCCC(Cn2cncn2)C1. The van der Waals surface area contributed by atoms with E-state index in [4.69, 9.17) is 0 Å². The standard InChI is InChI=1S/C16H27N5O.2ClH/c22-16(4-3-14-5-7-17-8-6-14)20-9-1-2-15(10-20)11-21-13-18-12-19-21;;/h12-15,17H,1-11H2;2*1H. The molecule has 1 N–H and O–H groups in total. The molecule has 2 saturated heterocycles. The molecule has 2 fully saturated rings. The second-order valence-corrected chi connectivity index (χ2v) is 6.70. The fourth-order valence-corrected chi connectivity index (χ4v) is 3.69. The Balaban J connectivity index is 0.00000144. The maximum atomic E-state index is 12.5. The zero-order valence-electron chi connectivity index (χ0n) is 14.1. The van der Waals surface area contributed by atoms with Crippen molar-refractivity contribution in [1.82, 2.24) is 25.0 Å². The van der Waals surface area contributed by atoms with Crippen LogP contribution in [-0.2, 0) is 11.3 Å². The van der Waals surface area contributed by atoms with Crippen molar-refractivity contribution in [3.05, 3.63) is 12.7 Å². The molecule has 1 atom stereocenters. The van der Waals surface area contributed by atoms with Gasteiger partial charge >= 0.3 is 0 Å². The third-order valence-electron chi connectivity index (χ3n) is 5.01. The molecule has 1 unspecified atom stereocenters. The van der Waals surface area contributed by atoms with E-state index in [9.17, 15) is 4.79 Å². The summed E-state index contributed by atoms with van der Waals surface area (Å²) in [5.41, 5.74) is 0. The first-order chi connectivity index (χ1) is 10.8. The molecule has 0 spiro atoms. The van der Waals surface area contributed by atoms with Crippen LogP contribution >= 0.6 is 24.8 Å². The van der Waals surface area contributed by atoms with Crippen LogP contribution in [0.5, 0.6) is 0 Å². The molecular formula is C16H29Cl2N5O. The molecule has 0 radical (unpaired) electrons. The number of piperidine rings is 2. The van der Waals surface area contributed by atoms with Crippen LogP contribution in [0.15, 0.2) is 12.7 Å². The number of likely N-dealkylation sites (tertiary alicyclic amines) is 1. The van der Waals surface area contributed by atoms with E-state index in [1.165, 1.54) is 19.3 Å². The van der Waals surface area contributed by atoms with Crippen molar-refractivity contribution in [2.24, 2.45) is 11.8 Å². The predicted molar refractivity (Wildman–Crippen MR) is 98.6 cm³/mol. The van der Waals surface area contributed by atoms with Gasteiger partial charge in [-0.25, -0.2) is 4.98 Å². The summed E-state index contributed by atoms with van der Waals surface area (Å²) in [6.45, 7) is 4.91. The Bertz CT molecular complexity index is 465. The molecule has 24 heavy (non-hydrogen) atoms. The van der Waals surface area contributed by atoms with Gasteiger partial charge in [0.25, 0.3) is 0 Å². The largest absolute Gasteiger partial charge is 0.342 e. The van der Waals surface area contributed by atoms with Gasteiger partial charge in [-0.15, -0.1) is 24.8 Å². The van der Waals surface area contributed by atoms with Gasteiger partial charge < -0.3 is 10.2 Å². The quantitative estimate of drug-likeness (QED) is 0.853. The number of nitrogens with one attached hydrogen (secondary N) is 1. The minimum absolute atomic E-state index is 0. The number of nitrogens with zero attached hydrogens (tertiary/aromatic N) is 4. The van der Waals surface area contributed by atoms with E-state index in [-0.39, 0.29) is 24.8 Å². The number of carbonyl (C=O) groups is 1.